The van der Waals surface area contributed by atoms with E-state index < -0.39 is 12.1 Å². The summed E-state index contributed by atoms with van der Waals surface area (Å²) in [6.07, 6.45) is 2.74. The lowest BCUT2D eigenvalue weighted by Crippen LogP contribution is -2.52. The quantitative estimate of drug-likeness (QED) is 0.411. The maximum absolute atomic E-state index is 13.4. The number of aliphatic hydroxyl groups excluding tert-OH is 1. The van der Waals surface area contributed by atoms with Crippen LogP contribution in [0.4, 0.5) is 0 Å². The Balaban J connectivity index is 1.19. The van der Waals surface area contributed by atoms with Crippen LogP contribution in [0.3, 0.4) is 0 Å². The van der Waals surface area contributed by atoms with Crippen molar-refractivity contribution in [2.75, 3.05) is 19.6 Å². The highest BCUT2D eigenvalue weighted by Gasteiger charge is 2.31. The van der Waals surface area contributed by atoms with Crippen molar-refractivity contribution in [1.29, 1.82) is 0 Å². The summed E-state index contributed by atoms with van der Waals surface area (Å²) >= 11 is 7.61. The number of likely N-dealkylation sites (tertiary alicyclic amines) is 1. The van der Waals surface area contributed by atoms with Crippen molar-refractivity contribution in [1.82, 2.24) is 10.2 Å². The van der Waals surface area contributed by atoms with Crippen molar-refractivity contribution in [3.63, 3.8) is 0 Å². The fourth-order valence-electron chi connectivity index (χ4n) is 4.60. The number of nitrogens with zero attached hydrogens (tertiary/aromatic N) is 2. The highest BCUT2D eigenvalue weighted by atomic mass is 35.5. The predicted octanol–water partition coefficient (Wildman–Crippen LogP) is 4.77. The van der Waals surface area contributed by atoms with E-state index in [0.717, 1.165) is 69.6 Å². The van der Waals surface area contributed by atoms with E-state index in [-0.39, 0.29) is 18.2 Å². The molecule has 192 valence electrons. The van der Waals surface area contributed by atoms with Gasteiger partial charge in [-0.2, -0.15) is 0 Å². The molecular formula is C28H28ClN3O4S. The number of carbonyl (C=O) groups is 1. The Bertz CT molecular complexity index is 1320. The number of hydrogen-bond donors (Lipinski definition) is 2. The highest BCUT2D eigenvalue weighted by Crippen LogP contribution is 2.33. The summed E-state index contributed by atoms with van der Waals surface area (Å²) in [6.45, 7) is 2.74. The van der Waals surface area contributed by atoms with Crippen LogP contribution in [0.15, 0.2) is 59.8 Å². The molecule has 0 bridgehead atoms. The number of halogens is 1. The zero-order chi connectivity index (χ0) is 25.4. The molecule has 1 saturated carbocycles. The van der Waals surface area contributed by atoms with Crippen LogP contribution in [-0.2, 0) is 16.2 Å². The van der Waals surface area contributed by atoms with Gasteiger partial charge in [0.1, 0.15) is 18.5 Å². The van der Waals surface area contributed by atoms with E-state index in [0.29, 0.717) is 12.6 Å². The molecule has 2 fully saturated rings. The lowest BCUT2D eigenvalue weighted by molar-refractivity contribution is -0.116. The smallest absolute Gasteiger partial charge is 0.274 e. The summed E-state index contributed by atoms with van der Waals surface area (Å²) in [6, 6.07) is 16.7. The van der Waals surface area contributed by atoms with E-state index in [2.05, 4.69) is 15.4 Å². The van der Waals surface area contributed by atoms with Crippen LogP contribution in [-0.4, -0.2) is 53.4 Å². The number of fused-ring (bicyclic) bond motifs is 1. The van der Waals surface area contributed by atoms with Crippen LogP contribution in [0, 0.1) is 0 Å². The number of aliphatic hydroxyl groups is 1. The Morgan fingerprint density at radius 2 is 2.00 bits per heavy atom. The largest absolute Gasteiger partial charge is 0.490 e. The third-order valence-corrected chi connectivity index (χ3v) is 8.24. The number of amides is 1. The van der Waals surface area contributed by atoms with Crippen LogP contribution in [0.25, 0.3) is 10.4 Å². The molecule has 2 aromatic carbocycles. The minimum Gasteiger partial charge on any atom is -0.490 e. The molecule has 37 heavy (non-hydrogen) atoms. The number of hydrogen-bond acceptors (Lipinski definition) is 7. The first-order chi connectivity index (χ1) is 18.0. The van der Waals surface area contributed by atoms with Gasteiger partial charge >= 0.3 is 0 Å². The first-order valence-corrected chi connectivity index (χ1v) is 13.8. The molecule has 1 amide bonds. The molecule has 3 aliphatic rings. The average Bonchev–Trinajstić information content (AvgIpc) is 3.60. The summed E-state index contributed by atoms with van der Waals surface area (Å²) in [5, 5.41) is 18.4. The molecule has 2 atom stereocenters. The van der Waals surface area contributed by atoms with Crippen molar-refractivity contribution in [3.05, 3.63) is 75.6 Å². The van der Waals surface area contributed by atoms with Gasteiger partial charge in [0.05, 0.1) is 16.5 Å². The Morgan fingerprint density at radius 3 is 2.68 bits per heavy atom. The molecule has 0 spiro atoms. The minimum atomic E-state index is -0.880. The van der Waals surface area contributed by atoms with Crippen LogP contribution >= 0.6 is 22.9 Å². The van der Waals surface area contributed by atoms with Crippen molar-refractivity contribution in [2.45, 2.75) is 44.1 Å². The van der Waals surface area contributed by atoms with Gasteiger partial charge in [-0.05, 0) is 73.8 Å². The zero-order valence-corrected chi connectivity index (χ0v) is 21.8. The molecule has 1 aliphatic carbocycles. The number of thiophene rings is 1. The van der Waals surface area contributed by atoms with Crippen molar-refractivity contribution in [3.8, 4) is 16.2 Å². The van der Waals surface area contributed by atoms with Gasteiger partial charge in [-0.25, -0.2) is 0 Å². The molecular weight excluding hydrogens is 510 g/mol. The number of ether oxygens (including phenoxy) is 1. The Kier molecular flexibility index (Phi) is 6.90. The van der Waals surface area contributed by atoms with Gasteiger partial charge in [-0.15, -0.1) is 11.3 Å². The molecule has 1 saturated heterocycles. The Hall–Kier alpha value is -2.91. The standard InChI is InChI=1S/C28H28ClN3O4S/c29-25-11-10-24(37-25)18-4-9-22-19(14-18)16-35-31-26(22)28(34)30-23(15-32-12-1-13-32)27(33)17-2-5-20(6-3-17)36-21-7-8-21/h2-6,9-11,14,21,23,27,33H,1,7-8,12-13,15-16H2,(H,30,34)/t23-,27-/m1/s1. The fraction of sp³-hybridized carbons (Fsp3) is 0.357. The summed E-state index contributed by atoms with van der Waals surface area (Å²) in [4.78, 5) is 22.2. The third kappa shape index (κ3) is 5.52. The summed E-state index contributed by atoms with van der Waals surface area (Å²) in [7, 11) is 0. The number of oxime groups is 1. The lowest BCUT2D eigenvalue weighted by Gasteiger charge is -2.36. The van der Waals surface area contributed by atoms with Crippen LogP contribution < -0.4 is 10.1 Å². The van der Waals surface area contributed by atoms with E-state index in [9.17, 15) is 9.90 Å². The van der Waals surface area contributed by atoms with E-state index in [4.69, 9.17) is 21.2 Å². The van der Waals surface area contributed by atoms with E-state index in [1.165, 1.54) is 11.3 Å². The van der Waals surface area contributed by atoms with Crippen LogP contribution in [0.2, 0.25) is 4.34 Å². The van der Waals surface area contributed by atoms with Gasteiger partial charge in [0.2, 0.25) is 0 Å². The maximum atomic E-state index is 13.4. The predicted molar refractivity (Wildman–Crippen MR) is 144 cm³/mol. The molecule has 9 heteroatoms. The van der Waals surface area contributed by atoms with Crippen molar-refractivity contribution >= 4 is 34.6 Å². The molecule has 0 radical (unpaired) electrons. The number of benzene rings is 2. The van der Waals surface area contributed by atoms with E-state index in [1.54, 1.807) is 0 Å². The topological polar surface area (TPSA) is 83.4 Å². The number of nitrogens with one attached hydrogen (secondary N) is 1. The SMILES string of the molecule is O=C(N[C@H](CN1CCC1)[C@H](O)c1ccc(OC2CC2)cc1)C1=NOCc2cc(-c3ccc(Cl)s3)ccc21. The minimum absolute atomic E-state index is 0.214. The lowest BCUT2D eigenvalue weighted by atomic mass is 9.97. The summed E-state index contributed by atoms with van der Waals surface area (Å²) in [5.41, 5.74) is 3.57. The van der Waals surface area contributed by atoms with Gasteiger partial charge in [-0.3, -0.25) is 4.79 Å². The van der Waals surface area contributed by atoms with E-state index >= 15 is 0 Å². The fourth-order valence-corrected chi connectivity index (χ4v) is 5.64. The average molecular weight is 538 g/mol. The zero-order valence-electron chi connectivity index (χ0n) is 20.2. The monoisotopic (exact) mass is 537 g/mol. The van der Waals surface area contributed by atoms with Crippen LogP contribution in [0.5, 0.6) is 5.75 Å². The summed E-state index contributed by atoms with van der Waals surface area (Å²) in [5.74, 6) is 0.433. The van der Waals surface area contributed by atoms with Gasteiger partial charge in [-0.1, -0.05) is 41.0 Å². The van der Waals surface area contributed by atoms with Gasteiger partial charge < -0.3 is 24.9 Å². The molecule has 2 N–H and O–H groups in total. The maximum Gasteiger partial charge on any atom is 0.274 e. The third-order valence-electron chi connectivity index (χ3n) is 6.96. The second-order valence-electron chi connectivity index (χ2n) is 9.75. The van der Waals surface area contributed by atoms with Crippen molar-refractivity contribution < 1.29 is 19.5 Å². The second kappa shape index (κ2) is 10.5. The van der Waals surface area contributed by atoms with E-state index in [1.807, 2.05) is 54.6 Å². The first kappa shape index (κ1) is 24.4. The molecule has 1 aromatic heterocycles. The van der Waals surface area contributed by atoms with Gasteiger partial charge in [0, 0.05) is 22.5 Å². The highest BCUT2D eigenvalue weighted by molar-refractivity contribution is 7.19. The summed E-state index contributed by atoms with van der Waals surface area (Å²) < 4.78 is 6.56. The number of carbonyl (C=O) groups excluding carboxylic acids is 1. The van der Waals surface area contributed by atoms with Crippen LogP contribution in [0.1, 0.15) is 42.1 Å². The van der Waals surface area contributed by atoms with Gasteiger partial charge in [0.25, 0.3) is 5.91 Å². The molecule has 7 nitrogen and oxygen atoms in total. The second-order valence-corrected chi connectivity index (χ2v) is 11.5. The number of rotatable bonds is 9. The Labute approximate surface area is 224 Å². The molecule has 0 unspecified atom stereocenters. The normalized spacial score (nSPS) is 18.6. The Morgan fingerprint density at radius 1 is 1.19 bits per heavy atom. The molecule has 3 heterocycles. The molecule has 3 aromatic rings. The molecule has 2 aliphatic heterocycles. The van der Waals surface area contributed by atoms with Gasteiger partial charge in [0.15, 0.2) is 5.71 Å². The first-order valence-electron chi connectivity index (χ1n) is 12.6. The van der Waals surface area contributed by atoms with Crippen molar-refractivity contribution in [2.24, 2.45) is 5.16 Å². The molecule has 6 rings (SSSR count).